The molecule has 0 aromatic heterocycles. The molecule has 0 saturated carbocycles. The first-order chi connectivity index (χ1) is 32.5. The minimum absolute atomic E-state index is 0.0459. The molecule has 20 nitrogen and oxygen atoms in total. The molecule has 3 unspecified atom stereocenters. The van der Waals surface area contributed by atoms with Crippen LogP contribution in [0.1, 0.15) is 102 Å². The molecule has 0 aliphatic carbocycles. The molecule has 2 fully saturated rings. The van der Waals surface area contributed by atoms with Crippen LogP contribution < -0.4 is 15.4 Å². The van der Waals surface area contributed by atoms with Gasteiger partial charge in [-0.15, -0.1) is 13.2 Å². The van der Waals surface area contributed by atoms with Gasteiger partial charge >= 0.3 is 30.0 Å². The molecule has 20 heteroatoms. The van der Waals surface area contributed by atoms with Crippen molar-refractivity contribution in [2.24, 2.45) is 5.92 Å². The van der Waals surface area contributed by atoms with Crippen LogP contribution in [0.15, 0.2) is 37.4 Å². The number of methoxy groups -OCH3 is 1. The number of rotatable bonds is 26. The van der Waals surface area contributed by atoms with Crippen molar-refractivity contribution in [1.29, 1.82) is 0 Å². The zero-order valence-electron chi connectivity index (χ0n) is 41.6. The number of carbonyl (C=O) groups is 7. The number of benzene rings is 1. The first-order valence-electron chi connectivity index (χ1n) is 23.1. The van der Waals surface area contributed by atoms with Crippen molar-refractivity contribution in [3.8, 4) is 5.75 Å². The van der Waals surface area contributed by atoms with Crippen LogP contribution in [0.4, 0.5) is 4.79 Å². The normalized spacial score (nSPS) is 19.6. The van der Waals surface area contributed by atoms with E-state index < -0.39 is 90.8 Å². The standard InChI is InChI=1S/C49H73N3O17/c1-12-16-49(60,46(58)61-11)25-41(67-33(6)54)39(51-47(59)69-48(8,9)10)24-40(66-32(5)53)42(68-34(7)55)26-50-44(56)36-21-30(3)43(31(4)22-36)65-20-19-64-38-23-37(29-62-17-13-2)52(27-38)45(57)35-15-14-18-63-28-35/h12-13,21-22,35,37-42,60H,1-2,14-20,23-29H2,3-11H3,(H,50,56)(H,51,59)/t35?,37?,38-,39?,40+,41+,42-,49-/m1/s1. The van der Waals surface area contributed by atoms with Crippen LogP contribution in [-0.4, -0.2) is 159 Å². The van der Waals surface area contributed by atoms with Gasteiger partial charge in [0.15, 0.2) is 11.7 Å². The molecule has 2 aliphatic heterocycles. The predicted octanol–water partition coefficient (Wildman–Crippen LogP) is 3.98. The third kappa shape index (κ3) is 19.0. The first-order valence-corrected chi connectivity index (χ1v) is 23.1. The van der Waals surface area contributed by atoms with Crippen LogP contribution in [-0.2, 0) is 61.9 Å². The molecule has 2 aliphatic rings. The van der Waals surface area contributed by atoms with E-state index in [9.17, 15) is 38.7 Å². The number of ether oxygens (including phenoxy) is 9. The average Bonchev–Trinajstić information content (AvgIpc) is 3.67. The highest BCUT2D eigenvalue weighted by Crippen LogP contribution is 2.29. The van der Waals surface area contributed by atoms with E-state index >= 15 is 0 Å². The lowest BCUT2D eigenvalue weighted by Crippen LogP contribution is -2.55. The number of esters is 4. The summed E-state index contributed by atoms with van der Waals surface area (Å²) in [5.74, 6) is -3.78. The topological polar surface area (TPSA) is 250 Å². The Morgan fingerprint density at radius 2 is 1.57 bits per heavy atom. The van der Waals surface area contributed by atoms with Crippen molar-refractivity contribution in [3.63, 3.8) is 0 Å². The van der Waals surface area contributed by atoms with Crippen molar-refractivity contribution < 1.29 is 81.3 Å². The Morgan fingerprint density at radius 3 is 2.13 bits per heavy atom. The molecule has 2 saturated heterocycles. The number of likely N-dealkylation sites (tertiary alicyclic amines) is 1. The molecule has 1 aromatic rings. The molecule has 0 bridgehead atoms. The monoisotopic (exact) mass is 975 g/mol. The summed E-state index contributed by atoms with van der Waals surface area (Å²) in [6.45, 7) is 21.2. The molecular weight excluding hydrogens is 903 g/mol. The van der Waals surface area contributed by atoms with Gasteiger partial charge in [-0.2, -0.15) is 0 Å². The number of alkyl carbamates (subject to hydrolysis) is 1. The molecule has 3 amide bonds. The number of nitrogens with one attached hydrogen (secondary N) is 2. The minimum atomic E-state index is -2.30. The number of amides is 3. The molecule has 3 rings (SSSR count). The highest BCUT2D eigenvalue weighted by Gasteiger charge is 2.45. The van der Waals surface area contributed by atoms with E-state index in [-0.39, 0.29) is 49.2 Å². The number of hydrogen-bond acceptors (Lipinski definition) is 17. The minimum Gasteiger partial charge on any atom is -0.491 e. The fourth-order valence-corrected chi connectivity index (χ4v) is 8.30. The van der Waals surface area contributed by atoms with Gasteiger partial charge in [-0.05, 0) is 77.1 Å². The van der Waals surface area contributed by atoms with E-state index in [0.29, 0.717) is 56.3 Å². The Balaban J connectivity index is 1.79. The summed E-state index contributed by atoms with van der Waals surface area (Å²) >= 11 is 0. The van der Waals surface area contributed by atoms with Gasteiger partial charge in [-0.25, -0.2) is 9.59 Å². The van der Waals surface area contributed by atoms with E-state index in [2.05, 4.69) is 23.8 Å². The van der Waals surface area contributed by atoms with Gasteiger partial charge in [-0.3, -0.25) is 24.0 Å². The maximum absolute atomic E-state index is 13.7. The number of hydrogen-bond donors (Lipinski definition) is 3. The van der Waals surface area contributed by atoms with Crippen molar-refractivity contribution in [2.45, 2.75) is 142 Å². The smallest absolute Gasteiger partial charge is 0.408 e. The predicted molar refractivity (Wildman–Crippen MR) is 249 cm³/mol. The first kappa shape index (κ1) is 57.7. The Bertz CT molecular complexity index is 1920. The molecule has 0 radical (unpaired) electrons. The largest absolute Gasteiger partial charge is 0.491 e. The molecular formula is C49H73N3O17. The Hall–Kier alpha value is -5.57. The molecule has 1 aromatic carbocycles. The SMILES string of the molecule is C=CCOCC1C[C@@H](OCCOc2c(C)cc(C(=O)NC[C@@H](OC(C)=O)[C@H](CC(NC(=O)OC(C)(C)C)[C@H](C[C@](O)(CC=C)C(=O)OC)OC(C)=O)OC(C)=O)cc2C)CN1C(=O)C1CCCOC1. The Kier molecular flexibility index (Phi) is 23.1. The third-order valence-electron chi connectivity index (χ3n) is 11.2. The van der Waals surface area contributed by atoms with Gasteiger partial charge in [0.1, 0.15) is 30.2 Å². The fraction of sp³-hybridized carbons (Fsp3) is 0.653. The molecule has 386 valence electrons. The van der Waals surface area contributed by atoms with Crippen LogP contribution in [0.2, 0.25) is 0 Å². The summed E-state index contributed by atoms with van der Waals surface area (Å²) in [6.07, 6.45) is -1.86. The van der Waals surface area contributed by atoms with Gasteiger partial charge in [0, 0.05) is 58.7 Å². The summed E-state index contributed by atoms with van der Waals surface area (Å²) in [7, 11) is 1.05. The average molecular weight is 976 g/mol. The fourth-order valence-electron chi connectivity index (χ4n) is 8.30. The second-order valence-electron chi connectivity index (χ2n) is 18.3. The second kappa shape index (κ2) is 27.6. The summed E-state index contributed by atoms with van der Waals surface area (Å²) in [4.78, 5) is 92.8. The zero-order chi connectivity index (χ0) is 51.5. The molecule has 69 heavy (non-hydrogen) atoms. The highest BCUT2D eigenvalue weighted by molar-refractivity contribution is 5.95. The van der Waals surface area contributed by atoms with Crippen LogP contribution >= 0.6 is 0 Å². The maximum Gasteiger partial charge on any atom is 0.408 e. The van der Waals surface area contributed by atoms with Crippen molar-refractivity contribution >= 4 is 41.8 Å². The number of carbonyl (C=O) groups excluding carboxylic acids is 7. The van der Waals surface area contributed by atoms with Gasteiger partial charge in [-0.1, -0.05) is 12.2 Å². The number of nitrogens with zero attached hydrogens (tertiary/aromatic N) is 1. The summed E-state index contributed by atoms with van der Waals surface area (Å²) in [5, 5.41) is 16.7. The summed E-state index contributed by atoms with van der Waals surface area (Å²) < 4.78 is 50.7. The second-order valence-corrected chi connectivity index (χ2v) is 18.3. The van der Waals surface area contributed by atoms with Crippen LogP contribution in [0, 0.1) is 19.8 Å². The number of aryl methyl sites for hydroxylation is 2. The lowest BCUT2D eigenvalue weighted by atomic mass is 9.87. The van der Waals surface area contributed by atoms with Gasteiger partial charge in [0.25, 0.3) is 5.91 Å². The van der Waals surface area contributed by atoms with Gasteiger partial charge in [0.05, 0.1) is 64.2 Å². The number of aliphatic hydroxyl groups is 1. The summed E-state index contributed by atoms with van der Waals surface area (Å²) in [6, 6.07) is 1.70. The molecule has 8 atom stereocenters. The van der Waals surface area contributed by atoms with Crippen LogP contribution in [0.25, 0.3) is 0 Å². The molecule has 0 spiro atoms. The van der Waals surface area contributed by atoms with Crippen molar-refractivity contribution in [1.82, 2.24) is 15.5 Å². The lowest BCUT2D eigenvalue weighted by Gasteiger charge is -2.36. The Morgan fingerprint density at radius 1 is 0.928 bits per heavy atom. The van der Waals surface area contributed by atoms with Crippen molar-refractivity contribution in [2.75, 3.05) is 59.8 Å². The van der Waals surface area contributed by atoms with E-state index in [1.54, 1.807) is 52.8 Å². The van der Waals surface area contributed by atoms with E-state index in [1.807, 2.05) is 4.90 Å². The molecule has 3 N–H and O–H groups in total. The lowest BCUT2D eigenvalue weighted by molar-refractivity contribution is -0.173. The van der Waals surface area contributed by atoms with Crippen LogP contribution in [0.3, 0.4) is 0 Å². The van der Waals surface area contributed by atoms with E-state index in [1.165, 1.54) is 6.08 Å². The van der Waals surface area contributed by atoms with E-state index in [0.717, 1.165) is 40.7 Å². The van der Waals surface area contributed by atoms with Gasteiger partial charge in [0.2, 0.25) is 5.91 Å². The zero-order valence-corrected chi connectivity index (χ0v) is 41.6. The Labute approximate surface area is 405 Å². The highest BCUT2D eigenvalue weighted by atomic mass is 16.6. The van der Waals surface area contributed by atoms with Gasteiger partial charge < -0.3 is 63.3 Å². The summed E-state index contributed by atoms with van der Waals surface area (Å²) in [5.41, 5.74) is -1.80. The van der Waals surface area contributed by atoms with Crippen molar-refractivity contribution in [3.05, 3.63) is 54.1 Å². The van der Waals surface area contributed by atoms with E-state index in [4.69, 9.17) is 42.6 Å². The quantitative estimate of drug-likeness (QED) is 0.0514. The molecule has 2 heterocycles. The van der Waals surface area contributed by atoms with Crippen LogP contribution in [0.5, 0.6) is 5.75 Å². The third-order valence-corrected chi connectivity index (χ3v) is 11.2. The maximum atomic E-state index is 13.7.